The molecule has 4 heteroatoms. The van der Waals surface area contributed by atoms with Crippen LogP contribution in [0.3, 0.4) is 0 Å². The van der Waals surface area contributed by atoms with Crippen LogP contribution in [0.1, 0.15) is 0 Å². The summed E-state index contributed by atoms with van der Waals surface area (Å²) < 4.78 is 5.45. The number of pyridine rings is 1. The lowest BCUT2D eigenvalue weighted by Gasteiger charge is -2.00. The first-order valence-electron chi connectivity index (χ1n) is 2.62. The van der Waals surface area contributed by atoms with Crippen molar-refractivity contribution in [2.75, 3.05) is 7.11 Å². The molecule has 54 valence electrons. The van der Waals surface area contributed by atoms with E-state index in [1.165, 1.54) is 19.4 Å². The highest BCUT2D eigenvalue weighted by Gasteiger charge is 2.00. The number of nitrogens with zero attached hydrogens (tertiary/aromatic N) is 1. The molecule has 1 aromatic heterocycles. The quantitative estimate of drug-likeness (QED) is 0.705. The number of halogens is 1. The van der Waals surface area contributed by atoms with E-state index in [0.29, 0.717) is 10.4 Å². The molecule has 0 aliphatic rings. The van der Waals surface area contributed by atoms with Gasteiger partial charge >= 0.3 is 0 Å². The third-order valence-corrected chi connectivity index (χ3v) is 1.61. The summed E-state index contributed by atoms with van der Waals surface area (Å²) in [5.74, 6) is 0.625. The molecule has 0 spiro atoms. The molecule has 0 aromatic carbocycles. The van der Waals surface area contributed by atoms with Gasteiger partial charge < -0.3 is 9.84 Å². The van der Waals surface area contributed by atoms with Gasteiger partial charge in [0.2, 0.25) is 0 Å². The van der Waals surface area contributed by atoms with Gasteiger partial charge in [0, 0.05) is 6.07 Å². The highest BCUT2D eigenvalue weighted by Crippen LogP contribution is 2.25. The molecule has 0 bridgehead atoms. The largest absolute Gasteiger partial charge is 0.506 e. The zero-order valence-electron chi connectivity index (χ0n) is 5.34. The Kier molecular flexibility index (Phi) is 2.11. The van der Waals surface area contributed by atoms with E-state index in [-0.39, 0.29) is 5.75 Å². The molecule has 0 unspecified atom stereocenters. The summed E-state index contributed by atoms with van der Waals surface area (Å²) in [4.78, 5) is 3.79. The van der Waals surface area contributed by atoms with Crippen LogP contribution in [-0.2, 0) is 0 Å². The molecular formula is C6H6BrNO2. The van der Waals surface area contributed by atoms with Crippen molar-refractivity contribution in [3.8, 4) is 11.5 Å². The van der Waals surface area contributed by atoms with Crippen molar-refractivity contribution in [3.05, 3.63) is 16.9 Å². The fraction of sp³-hybridized carbons (Fsp3) is 0.167. The van der Waals surface area contributed by atoms with Gasteiger partial charge in [0.25, 0.3) is 0 Å². The van der Waals surface area contributed by atoms with Crippen molar-refractivity contribution in [1.29, 1.82) is 0 Å². The van der Waals surface area contributed by atoms with Crippen LogP contribution >= 0.6 is 15.9 Å². The molecule has 0 fully saturated rings. The van der Waals surface area contributed by atoms with Crippen molar-refractivity contribution in [3.63, 3.8) is 0 Å². The SMILES string of the molecule is COc1cc(O)cnc1Br. The maximum Gasteiger partial charge on any atom is 0.155 e. The number of ether oxygens (including phenoxy) is 1. The summed E-state index contributed by atoms with van der Waals surface area (Å²) in [5.41, 5.74) is 0. The molecule has 1 aromatic rings. The Bertz CT molecular complexity index is 239. The molecular weight excluding hydrogens is 198 g/mol. The minimum atomic E-state index is 0.0973. The molecule has 0 aliphatic heterocycles. The number of aromatic nitrogens is 1. The second-order valence-electron chi connectivity index (χ2n) is 1.69. The third-order valence-electron chi connectivity index (χ3n) is 1.01. The topological polar surface area (TPSA) is 42.4 Å². The zero-order valence-corrected chi connectivity index (χ0v) is 6.92. The molecule has 3 nitrogen and oxygen atoms in total. The van der Waals surface area contributed by atoms with Crippen molar-refractivity contribution >= 4 is 15.9 Å². The van der Waals surface area contributed by atoms with Crippen molar-refractivity contribution in [2.24, 2.45) is 0 Å². The molecule has 1 heterocycles. The Morgan fingerprint density at radius 1 is 1.70 bits per heavy atom. The minimum Gasteiger partial charge on any atom is -0.506 e. The van der Waals surface area contributed by atoms with Crippen LogP contribution in [0, 0.1) is 0 Å². The summed E-state index contributed by atoms with van der Waals surface area (Å²) in [6.45, 7) is 0. The highest BCUT2D eigenvalue weighted by atomic mass is 79.9. The van der Waals surface area contributed by atoms with E-state index in [2.05, 4.69) is 20.9 Å². The Morgan fingerprint density at radius 3 is 2.90 bits per heavy atom. The third kappa shape index (κ3) is 1.39. The summed E-state index contributed by atoms with van der Waals surface area (Å²) in [6, 6.07) is 1.48. The molecule has 0 saturated heterocycles. The van der Waals surface area contributed by atoms with Crippen LogP contribution in [0.2, 0.25) is 0 Å². The number of hydrogen-bond donors (Lipinski definition) is 1. The van der Waals surface area contributed by atoms with Gasteiger partial charge in [0.1, 0.15) is 10.4 Å². The second kappa shape index (κ2) is 2.88. The van der Waals surface area contributed by atoms with Crippen molar-refractivity contribution < 1.29 is 9.84 Å². The molecule has 10 heavy (non-hydrogen) atoms. The predicted octanol–water partition coefficient (Wildman–Crippen LogP) is 1.56. The van der Waals surface area contributed by atoms with Crippen LogP contribution in [0.4, 0.5) is 0 Å². The maximum absolute atomic E-state index is 8.91. The van der Waals surface area contributed by atoms with Gasteiger partial charge in [-0.3, -0.25) is 0 Å². The first kappa shape index (κ1) is 7.34. The van der Waals surface area contributed by atoms with E-state index in [1.54, 1.807) is 0 Å². The lowest BCUT2D eigenvalue weighted by Crippen LogP contribution is -1.85. The lowest BCUT2D eigenvalue weighted by atomic mass is 10.4. The Morgan fingerprint density at radius 2 is 2.40 bits per heavy atom. The fourth-order valence-electron chi connectivity index (χ4n) is 0.561. The minimum absolute atomic E-state index is 0.0973. The lowest BCUT2D eigenvalue weighted by molar-refractivity contribution is 0.401. The first-order chi connectivity index (χ1) is 4.74. The molecule has 1 rings (SSSR count). The van der Waals surface area contributed by atoms with Gasteiger partial charge in [-0.1, -0.05) is 0 Å². The summed E-state index contributed by atoms with van der Waals surface area (Å²) >= 11 is 3.14. The molecule has 0 radical (unpaired) electrons. The number of methoxy groups -OCH3 is 1. The van der Waals surface area contributed by atoms with E-state index >= 15 is 0 Å². The number of hydrogen-bond acceptors (Lipinski definition) is 3. The average Bonchev–Trinajstić information content (AvgIpc) is 1.94. The summed E-state index contributed by atoms with van der Waals surface area (Å²) in [6.07, 6.45) is 1.34. The van der Waals surface area contributed by atoms with E-state index in [0.717, 1.165) is 0 Å². The van der Waals surface area contributed by atoms with Gasteiger partial charge in [-0.25, -0.2) is 4.98 Å². The number of rotatable bonds is 1. The van der Waals surface area contributed by atoms with E-state index in [1.807, 2.05) is 0 Å². The van der Waals surface area contributed by atoms with Crippen LogP contribution in [-0.4, -0.2) is 17.2 Å². The van der Waals surface area contributed by atoms with Crippen molar-refractivity contribution in [2.45, 2.75) is 0 Å². The maximum atomic E-state index is 8.91. The molecule has 0 amide bonds. The Balaban J connectivity index is 3.09. The average molecular weight is 204 g/mol. The Labute approximate surface area is 66.8 Å². The van der Waals surface area contributed by atoms with Crippen LogP contribution < -0.4 is 4.74 Å². The molecule has 0 saturated carbocycles. The predicted molar refractivity (Wildman–Crippen MR) is 40.2 cm³/mol. The number of aromatic hydroxyl groups is 1. The van der Waals surface area contributed by atoms with E-state index < -0.39 is 0 Å². The molecule has 0 aliphatic carbocycles. The van der Waals surface area contributed by atoms with Gasteiger partial charge in [0.05, 0.1) is 13.3 Å². The second-order valence-corrected chi connectivity index (χ2v) is 2.44. The van der Waals surface area contributed by atoms with Gasteiger partial charge in [-0.2, -0.15) is 0 Å². The normalized spacial score (nSPS) is 9.40. The fourth-order valence-corrected chi connectivity index (χ4v) is 0.939. The van der Waals surface area contributed by atoms with E-state index in [9.17, 15) is 0 Å². The van der Waals surface area contributed by atoms with Crippen LogP contribution in [0.15, 0.2) is 16.9 Å². The molecule has 0 atom stereocenters. The van der Waals surface area contributed by atoms with Gasteiger partial charge in [-0.15, -0.1) is 0 Å². The van der Waals surface area contributed by atoms with Crippen molar-refractivity contribution in [1.82, 2.24) is 4.98 Å². The zero-order chi connectivity index (χ0) is 7.56. The van der Waals surface area contributed by atoms with E-state index in [4.69, 9.17) is 9.84 Å². The smallest absolute Gasteiger partial charge is 0.155 e. The van der Waals surface area contributed by atoms with Crippen LogP contribution in [0.25, 0.3) is 0 Å². The standard InChI is InChI=1S/C6H6BrNO2/c1-10-5-2-4(9)3-8-6(5)7/h2-3,9H,1H3. The van der Waals surface area contributed by atoms with Gasteiger partial charge in [0.15, 0.2) is 5.75 Å². The Hall–Kier alpha value is -0.770. The summed E-state index contributed by atoms with van der Waals surface area (Å²) in [7, 11) is 1.52. The first-order valence-corrected chi connectivity index (χ1v) is 3.42. The monoisotopic (exact) mass is 203 g/mol. The highest BCUT2D eigenvalue weighted by molar-refractivity contribution is 9.10. The molecule has 1 N–H and O–H groups in total. The van der Waals surface area contributed by atoms with Crippen LogP contribution in [0.5, 0.6) is 11.5 Å². The van der Waals surface area contributed by atoms with Gasteiger partial charge in [-0.05, 0) is 15.9 Å². The summed E-state index contributed by atoms with van der Waals surface area (Å²) in [5, 5.41) is 8.91.